The summed E-state index contributed by atoms with van der Waals surface area (Å²) in [6, 6.07) is 38.5. The zero-order chi connectivity index (χ0) is 29.2. The quantitative estimate of drug-likeness (QED) is 0.136. The van der Waals surface area contributed by atoms with E-state index in [2.05, 4.69) is 35.5 Å². The predicted molar refractivity (Wildman–Crippen MR) is 168 cm³/mol. The molecule has 0 N–H and O–H groups in total. The van der Waals surface area contributed by atoms with E-state index in [-0.39, 0.29) is 24.7 Å². The van der Waals surface area contributed by atoms with E-state index in [9.17, 15) is 4.79 Å². The SMILES string of the molecule is CCOC(=O)c1nc(Cc2ccccc2)c2c(-c3ccccc3)noc2c1OCc1c2ccccc2cc2ccccc12. The molecule has 43 heavy (non-hydrogen) atoms. The highest BCUT2D eigenvalue weighted by molar-refractivity contribution is 6.04. The van der Waals surface area contributed by atoms with Crippen LogP contribution in [0.15, 0.2) is 120 Å². The molecule has 0 saturated carbocycles. The average molecular weight is 565 g/mol. The molecule has 0 aliphatic heterocycles. The Morgan fingerprint density at radius 3 is 2.09 bits per heavy atom. The molecule has 7 aromatic rings. The van der Waals surface area contributed by atoms with E-state index in [1.807, 2.05) is 84.9 Å². The van der Waals surface area contributed by atoms with E-state index < -0.39 is 5.97 Å². The fraction of sp³-hybridized carbons (Fsp3) is 0.108. The van der Waals surface area contributed by atoms with Gasteiger partial charge in [-0.3, -0.25) is 0 Å². The third kappa shape index (κ3) is 4.97. The molecule has 0 unspecified atom stereocenters. The van der Waals surface area contributed by atoms with Gasteiger partial charge in [0.2, 0.25) is 5.58 Å². The van der Waals surface area contributed by atoms with Crippen molar-refractivity contribution in [3.05, 3.63) is 138 Å². The van der Waals surface area contributed by atoms with Crippen LogP contribution in [0.1, 0.15) is 34.2 Å². The molecule has 0 aliphatic carbocycles. The normalized spacial score (nSPS) is 11.3. The lowest BCUT2D eigenvalue weighted by Gasteiger charge is -2.16. The zero-order valence-corrected chi connectivity index (χ0v) is 23.6. The van der Waals surface area contributed by atoms with Gasteiger partial charge in [0, 0.05) is 17.5 Å². The van der Waals surface area contributed by atoms with Crippen molar-refractivity contribution in [1.29, 1.82) is 0 Å². The van der Waals surface area contributed by atoms with Crippen LogP contribution in [0, 0.1) is 0 Å². The lowest BCUT2D eigenvalue weighted by atomic mass is 9.97. The number of aromatic nitrogens is 2. The number of carbonyl (C=O) groups is 1. The summed E-state index contributed by atoms with van der Waals surface area (Å²) >= 11 is 0. The number of hydrogen-bond donors (Lipinski definition) is 0. The highest BCUT2D eigenvalue weighted by Gasteiger charge is 2.28. The lowest BCUT2D eigenvalue weighted by Crippen LogP contribution is -2.13. The van der Waals surface area contributed by atoms with Crippen molar-refractivity contribution >= 4 is 38.5 Å². The van der Waals surface area contributed by atoms with Crippen LogP contribution in [-0.4, -0.2) is 22.7 Å². The molecule has 7 rings (SSSR count). The number of esters is 1. The Kier molecular flexibility index (Phi) is 7.01. The monoisotopic (exact) mass is 564 g/mol. The van der Waals surface area contributed by atoms with Crippen molar-refractivity contribution in [3.8, 4) is 17.0 Å². The fourth-order valence-electron chi connectivity index (χ4n) is 5.65. The zero-order valence-electron chi connectivity index (χ0n) is 23.6. The van der Waals surface area contributed by atoms with Crippen LogP contribution >= 0.6 is 0 Å². The molecule has 210 valence electrons. The lowest BCUT2D eigenvalue weighted by molar-refractivity contribution is 0.0513. The molecule has 2 heterocycles. The molecule has 0 fully saturated rings. The van der Waals surface area contributed by atoms with Gasteiger partial charge < -0.3 is 14.0 Å². The van der Waals surface area contributed by atoms with E-state index in [1.165, 1.54) is 0 Å². The molecule has 0 atom stereocenters. The average Bonchev–Trinajstić information content (AvgIpc) is 3.50. The fourth-order valence-corrected chi connectivity index (χ4v) is 5.65. The van der Waals surface area contributed by atoms with Crippen LogP contribution in [-0.2, 0) is 17.8 Å². The van der Waals surface area contributed by atoms with Crippen molar-refractivity contribution in [3.63, 3.8) is 0 Å². The number of rotatable bonds is 8. The molecule has 0 amide bonds. The van der Waals surface area contributed by atoms with Gasteiger partial charge in [-0.05, 0) is 40.1 Å². The van der Waals surface area contributed by atoms with Crippen LogP contribution in [0.4, 0.5) is 0 Å². The minimum Gasteiger partial charge on any atom is -0.482 e. The van der Waals surface area contributed by atoms with Crippen molar-refractivity contribution in [1.82, 2.24) is 10.1 Å². The van der Waals surface area contributed by atoms with Crippen LogP contribution < -0.4 is 4.74 Å². The Bertz CT molecular complexity index is 2030. The van der Waals surface area contributed by atoms with Crippen LogP contribution in [0.3, 0.4) is 0 Å². The van der Waals surface area contributed by atoms with E-state index >= 15 is 0 Å². The Morgan fingerprint density at radius 1 is 0.791 bits per heavy atom. The summed E-state index contributed by atoms with van der Waals surface area (Å²) in [5, 5.41) is 9.56. The third-order valence-corrected chi connectivity index (χ3v) is 7.62. The van der Waals surface area contributed by atoms with Gasteiger partial charge in [0.15, 0.2) is 11.4 Å². The second-order valence-corrected chi connectivity index (χ2v) is 10.3. The maximum atomic E-state index is 13.4. The number of pyridine rings is 1. The minimum atomic E-state index is -0.575. The highest BCUT2D eigenvalue weighted by atomic mass is 16.5. The van der Waals surface area contributed by atoms with E-state index in [0.29, 0.717) is 28.8 Å². The summed E-state index contributed by atoms with van der Waals surface area (Å²) in [5.74, 6) is -0.355. The van der Waals surface area contributed by atoms with Gasteiger partial charge in [0.05, 0.1) is 17.7 Å². The van der Waals surface area contributed by atoms with Gasteiger partial charge in [0.25, 0.3) is 0 Å². The summed E-state index contributed by atoms with van der Waals surface area (Å²) in [6.07, 6.45) is 0.471. The van der Waals surface area contributed by atoms with Crippen molar-refractivity contribution in [2.24, 2.45) is 0 Å². The topological polar surface area (TPSA) is 74.5 Å². The summed E-state index contributed by atoms with van der Waals surface area (Å²) in [7, 11) is 0. The molecule has 0 spiro atoms. The highest BCUT2D eigenvalue weighted by Crippen LogP contribution is 2.39. The first kappa shape index (κ1) is 26.4. The maximum Gasteiger partial charge on any atom is 0.360 e. The standard InChI is InChI=1S/C37H28N2O4/c1-2-41-37(40)34-36(42-23-30-28-19-11-9-17-26(28)22-27-18-10-12-20-29(27)30)35-32(31(38-34)21-24-13-5-3-6-14-24)33(39-43-35)25-15-7-4-8-16-25/h3-20,22H,2,21,23H2,1H3. The van der Waals surface area contributed by atoms with Gasteiger partial charge in [-0.15, -0.1) is 0 Å². The molecule has 6 heteroatoms. The van der Waals surface area contributed by atoms with Crippen molar-refractivity contribution < 1.29 is 18.8 Å². The van der Waals surface area contributed by atoms with Gasteiger partial charge in [0.1, 0.15) is 12.3 Å². The number of ether oxygens (including phenoxy) is 2. The predicted octanol–water partition coefficient (Wildman–Crippen LogP) is 8.54. The molecule has 0 radical (unpaired) electrons. The Morgan fingerprint density at radius 2 is 1.42 bits per heavy atom. The number of nitrogens with zero attached hydrogens (tertiary/aromatic N) is 2. The Balaban J connectivity index is 1.43. The number of hydrogen-bond acceptors (Lipinski definition) is 6. The van der Waals surface area contributed by atoms with Crippen LogP contribution in [0.2, 0.25) is 0 Å². The van der Waals surface area contributed by atoms with Crippen LogP contribution in [0.5, 0.6) is 5.75 Å². The van der Waals surface area contributed by atoms with Gasteiger partial charge in [-0.1, -0.05) is 114 Å². The van der Waals surface area contributed by atoms with Gasteiger partial charge >= 0.3 is 5.97 Å². The number of fused-ring (bicyclic) bond motifs is 3. The van der Waals surface area contributed by atoms with Crippen molar-refractivity contribution in [2.45, 2.75) is 20.0 Å². The molecular weight excluding hydrogens is 536 g/mol. The molecule has 0 bridgehead atoms. The molecular formula is C37H28N2O4. The van der Waals surface area contributed by atoms with Crippen LogP contribution in [0.25, 0.3) is 43.8 Å². The molecule has 0 aliphatic rings. The smallest absolute Gasteiger partial charge is 0.360 e. The summed E-state index contributed by atoms with van der Waals surface area (Å²) in [6.45, 7) is 2.15. The minimum absolute atomic E-state index is 0.0700. The maximum absolute atomic E-state index is 13.4. The Hall–Kier alpha value is -5.49. The first-order valence-electron chi connectivity index (χ1n) is 14.3. The Labute approximate surface area is 248 Å². The first-order chi connectivity index (χ1) is 21.2. The number of carbonyl (C=O) groups excluding carboxylic acids is 1. The van der Waals surface area contributed by atoms with Gasteiger partial charge in [-0.2, -0.15) is 0 Å². The van der Waals surface area contributed by atoms with E-state index in [0.717, 1.165) is 38.2 Å². The summed E-state index contributed by atoms with van der Waals surface area (Å²) in [4.78, 5) is 18.3. The first-order valence-corrected chi connectivity index (χ1v) is 14.3. The molecule has 2 aromatic heterocycles. The second kappa shape index (κ2) is 11.4. The summed E-state index contributed by atoms with van der Waals surface area (Å²) in [5.41, 5.74) is 4.67. The van der Waals surface area contributed by atoms with Crippen molar-refractivity contribution in [2.75, 3.05) is 6.61 Å². The molecule has 5 aromatic carbocycles. The molecule has 0 saturated heterocycles. The van der Waals surface area contributed by atoms with E-state index in [1.54, 1.807) is 6.92 Å². The summed E-state index contributed by atoms with van der Waals surface area (Å²) < 4.78 is 18.1. The molecule has 6 nitrogen and oxygen atoms in total. The van der Waals surface area contributed by atoms with Gasteiger partial charge in [-0.25, -0.2) is 9.78 Å². The van der Waals surface area contributed by atoms with E-state index in [4.69, 9.17) is 19.0 Å². The largest absolute Gasteiger partial charge is 0.482 e. The third-order valence-electron chi connectivity index (χ3n) is 7.62. The number of benzene rings is 5. The second-order valence-electron chi connectivity index (χ2n) is 10.3.